The molecule has 0 saturated carbocycles. The molecular formula is C12H17BrClNOS. The molecule has 0 aliphatic rings. The summed E-state index contributed by atoms with van der Waals surface area (Å²) in [4.78, 5) is 12.4. The fraction of sp³-hybridized carbons (Fsp3) is 0.583. The van der Waals surface area contributed by atoms with Crippen molar-refractivity contribution in [2.45, 2.75) is 26.7 Å². The monoisotopic (exact) mass is 337 g/mol. The van der Waals surface area contributed by atoms with Gasteiger partial charge in [-0.25, -0.2) is 0 Å². The van der Waals surface area contributed by atoms with Crippen molar-refractivity contribution in [3.8, 4) is 0 Å². The van der Waals surface area contributed by atoms with E-state index in [9.17, 15) is 4.79 Å². The van der Waals surface area contributed by atoms with Crippen LogP contribution in [-0.2, 0) is 0 Å². The van der Waals surface area contributed by atoms with E-state index in [4.69, 9.17) is 11.6 Å². The van der Waals surface area contributed by atoms with Gasteiger partial charge in [0.15, 0.2) is 0 Å². The van der Waals surface area contributed by atoms with Crippen molar-refractivity contribution in [1.82, 2.24) is 5.32 Å². The molecular weight excluding hydrogens is 322 g/mol. The number of thiophene rings is 1. The number of hydrogen-bond acceptors (Lipinski definition) is 2. The van der Waals surface area contributed by atoms with Crippen LogP contribution in [0.25, 0.3) is 0 Å². The summed E-state index contributed by atoms with van der Waals surface area (Å²) in [5.74, 6) is 0.596. The van der Waals surface area contributed by atoms with Gasteiger partial charge in [-0.3, -0.25) is 4.79 Å². The Bertz CT molecular complexity index is 381. The van der Waals surface area contributed by atoms with Gasteiger partial charge in [0.05, 0.1) is 5.02 Å². The predicted octanol–water partition coefficient (Wildman–Crippen LogP) is 4.25. The zero-order chi connectivity index (χ0) is 12.8. The van der Waals surface area contributed by atoms with Crippen molar-refractivity contribution in [2.24, 2.45) is 5.92 Å². The lowest BCUT2D eigenvalue weighted by Crippen LogP contribution is -2.24. The van der Waals surface area contributed by atoms with Gasteiger partial charge in [0.1, 0.15) is 4.88 Å². The van der Waals surface area contributed by atoms with Crippen LogP contribution in [0.1, 0.15) is 35.0 Å². The number of hydrogen-bond donors (Lipinski definition) is 1. The van der Waals surface area contributed by atoms with E-state index in [1.807, 2.05) is 12.3 Å². The first-order valence-electron chi connectivity index (χ1n) is 5.64. The Labute approximate surface area is 120 Å². The molecule has 5 heteroatoms. The molecule has 1 heterocycles. The summed E-state index contributed by atoms with van der Waals surface area (Å²) in [5, 5.41) is 6.41. The Hall–Kier alpha value is -0.0600. The Morgan fingerprint density at radius 2 is 2.35 bits per heavy atom. The Morgan fingerprint density at radius 3 is 2.88 bits per heavy atom. The normalized spacial score (nSPS) is 12.5. The molecule has 2 nitrogen and oxygen atoms in total. The minimum Gasteiger partial charge on any atom is -0.351 e. The van der Waals surface area contributed by atoms with E-state index < -0.39 is 0 Å². The van der Waals surface area contributed by atoms with E-state index in [0.717, 1.165) is 23.7 Å². The molecule has 1 N–H and O–H groups in total. The first kappa shape index (κ1) is 15.0. The van der Waals surface area contributed by atoms with E-state index in [1.54, 1.807) is 0 Å². The first-order valence-corrected chi connectivity index (χ1v) is 8.02. The average Bonchev–Trinajstić information content (AvgIpc) is 2.65. The summed E-state index contributed by atoms with van der Waals surface area (Å²) in [6, 6.07) is 0. The molecule has 17 heavy (non-hydrogen) atoms. The van der Waals surface area contributed by atoms with Gasteiger partial charge in [0.2, 0.25) is 0 Å². The van der Waals surface area contributed by atoms with E-state index in [1.165, 1.54) is 11.3 Å². The van der Waals surface area contributed by atoms with Gasteiger partial charge in [-0.2, -0.15) is 0 Å². The SMILES string of the molecule is Cc1csc(C(=O)NCCCC(C)CBr)c1Cl. The summed E-state index contributed by atoms with van der Waals surface area (Å²) in [6.07, 6.45) is 2.11. The quantitative estimate of drug-likeness (QED) is 0.609. The van der Waals surface area contributed by atoms with Crippen LogP contribution in [0.5, 0.6) is 0 Å². The Kier molecular flexibility index (Phi) is 6.52. The summed E-state index contributed by atoms with van der Waals surface area (Å²) >= 11 is 10.9. The first-order chi connectivity index (χ1) is 8.06. The highest BCUT2D eigenvalue weighted by atomic mass is 79.9. The summed E-state index contributed by atoms with van der Waals surface area (Å²) < 4.78 is 0. The third-order valence-corrected chi connectivity index (χ3v) is 5.33. The molecule has 0 radical (unpaired) electrons. The fourth-order valence-corrected chi connectivity index (χ4v) is 2.91. The van der Waals surface area contributed by atoms with Crippen molar-refractivity contribution < 1.29 is 4.79 Å². The van der Waals surface area contributed by atoms with Crippen LogP contribution in [0.2, 0.25) is 5.02 Å². The van der Waals surface area contributed by atoms with Crippen molar-refractivity contribution in [3.63, 3.8) is 0 Å². The van der Waals surface area contributed by atoms with Crippen LogP contribution in [0.15, 0.2) is 5.38 Å². The van der Waals surface area contributed by atoms with Crippen LogP contribution in [0, 0.1) is 12.8 Å². The van der Waals surface area contributed by atoms with E-state index >= 15 is 0 Å². The van der Waals surface area contributed by atoms with Crippen LogP contribution in [0.4, 0.5) is 0 Å². The molecule has 1 unspecified atom stereocenters. The number of carbonyl (C=O) groups excluding carboxylic acids is 1. The van der Waals surface area contributed by atoms with Crippen molar-refractivity contribution >= 4 is 44.8 Å². The van der Waals surface area contributed by atoms with E-state index in [0.29, 0.717) is 22.4 Å². The molecule has 1 rings (SSSR count). The molecule has 0 aromatic carbocycles. The summed E-state index contributed by atoms with van der Waals surface area (Å²) in [5.41, 5.74) is 0.967. The maximum atomic E-state index is 11.8. The Morgan fingerprint density at radius 1 is 1.65 bits per heavy atom. The Balaban J connectivity index is 2.33. The zero-order valence-electron chi connectivity index (χ0n) is 10.1. The van der Waals surface area contributed by atoms with E-state index in [-0.39, 0.29) is 5.91 Å². The lowest BCUT2D eigenvalue weighted by atomic mass is 10.1. The molecule has 1 amide bonds. The highest BCUT2D eigenvalue weighted by Gasteiger charge is 2.13. The average molecular weight is 339 g/mol. The maximum absolute atomic E-state index is 11.8. The van der Waals surface area contributed by atoms with E-state index in [2.05, 4.69) is 28.2 Å². The molecule has 96 valence electrons. The third-order valence-electron chi connectivity index (χ3n) is 2.53. The third kappa shape index (κ3) is 4.60. The number of aryl methyl sites for hydroxylation is 1. The molecule has 0 aliphatic heterocycles. The highest BCUT2D eigenvalue weighted by Crippen LogP contribution is 2.26. The van der Waals surface area contributed by atoms with Gasteiger partial charge in [-0.1, -0.05) is 34.5 Å². The number of halogens is 2. The van der Waals surface area contributed by atoms with Gasteiger partial charge in [0, 0.05) is 11.9 Å². The topological polar surface area (TPSA) is 29.1 Å². The van der Waals surface area contributed by atoms with Crippen LogP contribution < -0.4 is 5.32 Å². The number of carbonyl (C=O) groups is 1. The van der Waals surface area contributed by atoms with Crippen LogP contribution in [-0.4, -0.2) is 17.8 Å². The molecule has 0 saturated heterocycles. The second-order valence-electron chi connectivity index (χ2n) is 4.22. The molecule has 0 aliphatic carbocycles. The molecule has 1 aromatic heterocycles. The number of amides is 1. The fourth-order valence-electron chi connectivity index (χ4n) is 1.39. The number of alkyl halides is 1. The van der Waals surface area contributed by atoms with Gasteiger partial charge in [0.25, 0.3) is 5.91 Å². The smallest absolute Gasteiger partial charge is 0.262 e. The molecule has 0 spiro atoms. The second kappa shape index (κ2) is 7.39. The number of rotatable bonds is 6. The second-order valence-corrected chi connectivity index (χ2v) is 6.12. The maximum Gasteiger partial charge on any atom is 0.262 e. The van der Waals surface area contributed by atoms with Crippen molar-refractivity contribution in [1.29, 1.82) is 0 Å². The molecule has 1 aromatic rings. The van der Waals surface area contributed by atoms with Crippen molar-refractivity contribution in [2.75, 3.05) is 11.9 Å². The van der Waals surface area contributed by atoms with Gasteiger partial charge in [-0.05, 0) is 36.6 Å². The van der Waals surface area contributed by atoms with Gasteiger partial charge in [-0.15, -0.1) is 11.3 Å². The standard InChI is InChI=1S/C12H17BrClNOS/c1-8(6-13)4-3-5-15-12(16)11-10(14)9(2)7-17-11/h7-8H,3-6H2,1-2H3,(H,15,16). The number of nitrogens with one attached hydrogen (secondary N) is 1. The lowest BCUT2D eigenvalue weighted by molar-refractivity contribution is 0.0956. The van der Waals surface area contributed by atoms with Gasteiger partial charge < -0.3 is 5.32 Å². The van der Waals surface area contributed by atoms with Crippen LogP contribution >= 0.6 is 38.9 Å². The minimum atomic E-state index is -0.0559. The summed E-state index contributed by atoms with van der Waals surface area (Å²) in [7, 11) is 0. The molecule has 0 fully saturated rings. The molecule has 1 atom stereocenters. The largest absolute Gasteiger partial charge is 0.351 e. The molecule has 0 bridgehead atoms. The van der Waals surface area contributed by atoms with Crippen molar-refractivity contribution in [3.05, 3.63) is 20.8 Å². The summed E-state index contributed by atoms with van der Waals surface area (Å²) in [6.45, 7) is 4.81. The van der Waals surface area contributed by atoms with Gasteiger partial charge >= 0.3 is 0 Å². The minimum absolute atomic E-state index is 0.0559. The zero-order valence-corrected chi connectivity index (χ0v) is 13.2. The predicted molar refractivity (Wildman–Crippen MR) is 78.6 cm³/mol. The van der Waals surface area contributed by atoms with Crippen LogP contribution in [0.3, 0.4) is 0 Å². The lowest BCUT2D eigenvalue weighted by Gasteiger charge is -2.07. The highest BCUT2D eigenvalue weighted by molar-refractivity contribution is 9.09.